The average Bonchev–Trinajstić information content (AvgIpc) is 3.22. The molecule has 3 rings (SSSR count). The standard InChI is InChI=1S/C17H22N6OS/c1-10(2)12(19-16-21-15(23-25-16)17(3,4)5)14-20-13(22-24-14)11-6-8-18-9-7-11/h6-10,12H,1-5H3,(H,19,21,23). The summed E-state index contributed by atoms with van der Waals surface area (Å²) in [6.45, 7) is 10.5. The lowest BCUT2D eigenvalue weighted by molar-refractivity contribution is 0.336. The first-order chi connectivity index (χ1) is 11.8. The fraction of sp³-hybridized carbons (Fsp3) is 0.471. The zero-order chi connectivity index (χ0) is 18.0. The molecule has 0 amide bonds. The highest BCUT2D eigenvalue weighted by Gasteiger charge is 2.26. The molecule has 0 aliphatic rings. The van der Waals surface area contributed by atoms with Crippen LogP contribution in [0.15, 0.2) is 29.0 Å². The number of anilines is 1. The molecule has 0 fully saturated rings. The van der Waals surface area contributed by atoms with E-state index >= 15 is 0 Å². The molecule has 25 heavy (non-hydrogen) atoms. The normalized spacial score (nSPS) is 13.2. The van der Waals surface area contributed by atoms with E-state index in [0.29, 0.717) is 11.7 Å². The van der Waals surface area contributed by atoms with Gasteiger partial charge in [-0.3, -0.25) is 4.98 Å². The zero-order valence-electron chi connectivity index (χ0n) is 15.0. The number of pyridine rings is 1. The van der Waals surface area contributed by atoms with Crippen molar-refractivity contribution in [3.63, 3.8) is 0 Å². The monoisotopic (exact) mass is 358 g/mol. The Hall–Kier alpha value is -2.35. The topological polar surface area (TPSA) is 89.6 Å². The SMILES string of the molecule is CC(C)C(Nc1nc(C(C)(C)C)ns1)c1nc(-c2ccncc2)no1. The summed E-state index contributed by atoms with van der Waals surface area (Å²) in [5, 5.41) is 8.23. The van der Waals surface area contributed by atoms with Crippen molar-refractivity contribution in [1.29, 1.82) is 0 Å². The second kappa shape index (κ2) is 6.87. The lowest BCUT2D eigenvalue weighted by Gasteiger charge is -2.17. The molecule has 0 radical (unpaired) electrons. The second-order valence-electron chi connectivity index (χ2n) is 7.23. The Morgan fingerprint density at radius 1 is 1.12 bits per heavy atom. The third-order valence-corrected chi connectivity index (χ3v) is 4.34. The van der Waals surface area contributed by atoms with Gasteiger partial charge in [-0.25, -0.2) is 4.98 Å². The summed E-state index contributed by atoms with van der Waals surface area (Å²) in [5.41, 5.74) is 0.793. The van der Waals surface area contributed by atoms with E-state index < -0.39 is 0 Å². The molecular weight excluding hydrogens is 336 g/mol. The molecule has 3 aromatic rings. The first-order valence-corrected chi connectivity index (χ1v) is 8.96. The Kier molecular flexibility index (Phi) is 4.80. The van der Waals surface area contributed by atoms with E-state index in [1.54, 1.807) is 12.4 Å². The van der Waals surface area contributed by atoms with Crippen molar-refractivity contribution >= 4 is 16.7 Å². The van der Waals surface area contributed by atoms with Gasteiger partial charge < -0.3 is 9.84 Å². The van der Waals surface area contributed by atoms with Gasteiger partial charge >= 0.3 is 0 Å². The van der Waals surface area contributed by atoms with Crippen LogP contribution in [-0.2, 0) is 5.41 Å². The molecular formula is C17H22N6OS. The third kappa shape index (κ3) is 4.01. The molecule has 0 spiro atoms. The highest BCUT2D eigenvalue weighted by atomic mass is 32.1. The van der Waals surface area contributed by atoms with Crippen LogP contribution in [0.1, 0.15) is 52.4 Å². The number of nitrogens with zero attached hydrogens (tertiary/aromatic N) is 5. The minimum absolute atomic E-state index is 0.0806. The van der Waals surface area contributed by atoms with Gasteiger partial charge in [0.25, 0.3) is 0 Å². The van der Waals surface area contributed by atoms with Crippen LogP contribution >= 0.6 is 11.5 Å². The van der Waals surface area contributed by atoms with Gasteiger partial charge in [0.2, 0.25) is 16.8 Å². The van der Waals surface area contributed by atoms with Crippen molar-refractivity contribution in [2.45, 2.75) is 46.1 Å². The van der Waals surface area contributed by atoms with Gasteiger partial charge in [0.15, 0.2) is 0 Å². The predicted octanol–water partition coefficient (Wildman–Crippen LogP) is 4.09. The largest absolute Gasteiger partial charge is 0.348 e. The fourth-order valence-electron chi connectivity index (χ4n) is 2.21. The molecule has 8 heteroatoms. The van der Waals surface area contributed by atoms with Gasteiger partial charge in [0.1, 0.15) is 11.9 Å². The van der Waals surface area contributed by atoms with E-state index in [2.05, 4.69) is 64.4 Å². The zero-order valence-corrected chi connectivity index (χ0v) is 15.8. The predicted molar refractivity (Wildman–Crippen MR) is 97.3 cm³/mol. The molecule has 0 saturated heterocycles. The van der Waals surface area contributed by atoms with E-state index in [0.717, 1.165) is 16.5 Å². The Bertz CT molecular complexity index is 821. The van der Waals surface area contributed by atoms with Crippen LogP contribution in [0.5, 0.6) is 0 Å². The lowest BCUT2D eigenvalue weighted by Crippen LogP contribution is -2.18. The number of hydrogen-bond acceptors (Lipinski definition) is 8. The Balaban J connectivity index is 1.82. The summed E-state index contributed by atoms with van der Waals surface area (Å²) in [7, 11) is 0. The van der Waals surface area contributed by atoms with Crippen LogP contribution in [0.25, 0.3) is 11.4 Å². The van der Waals surface area contributed by atoms with Gasteiger partial charge in [-0.1, -0.05) is 39.8 Å². The maximum absolute atomic E-state index is 5.50. The first-order valence-electron chi connectivity index (χ1n) is 8.19. The highest BCUT2D eigenvalue weighted by molar-refractivity contribution is 7.09. The molecule has 1 unspecified atom stereocenters. The molecule has 0 aromatic carbocycles. The molecule has 1 atom stereocenters. The molecule has 0 saturated carbocycles. The summed E-state index contributed by atoms with van der Waals surface area (Å²) in [6, 6.07) is 3.57. The van der Waals surface area contributed by atoms with Gasteiger partial charge in [0.05, 0.1) is 0 Å². The third-order valence-electron chi connectivity index (χ3n) is 3.69. The van der Waals surface area contributed by atoms with E-state index in [4.69, 9.17) is 4.52 Å². The summed E-state index contributed by atoms with van der Waals surface area (Å²) in [5.74, 6) is 2.16. The molecule has 132 valence electrons. The summed E-state index contributed by atoms with van der Waals surface area (Å²) in [6.07, 6.45) is 3.41. The van der Waals surface area contributed by atoms with Crippen molar-refractivity contribution in [2.75, 3.05) is 5.32 Å². The van der Waals surface area contributed by atoms with Crippen LogP contribution < -0.4 is 5.32 Å². The fourth-order valence-corrected chi connectivity index (χ4v) is 3.01. The van der Waals surface area contributed by atoms with Crippen molar-refractivity contribution in [1.82, 2.24) is 24.5 Å². The van der Waals surface area contributed by atoms with Crippen molar-refractivity contribution < 1.29 is 4.52 Å². The summed E-state index contributed by atoms with van der Waals surface area (Å²) in [4.78, 5) is 13.1. The molecule has 3 aromatic heterocycles. The van der Waals surface area contributed by atoms with Gasteiger partial charge in [-0.05, 0) is 18.1 Å². The average molecular weight is 358 g/mol. The van der Waals surface area contributed by atoms with Crippen LogP contribution in [-0.4, -0.2) is 24.5 Å². The first kappa shape index (κ1) is 17.5. The smallest absolute Gasteiger partial charge is 0.249 e. The number of hydrogen-bond donors (Lipinski definition) is 1. The van der Waals surface area contributed by atoms with Crippen LogP contribution in [0.3, 0.4) is 0 Å². The Morgan fingerprint density at radius 2 is 1.84 bits per heavy atom. The van der Waals surface area contributed by atoms with E-state index in [-0.39, 0.29) is 17.4 Å². The van der Waals surface area contributed by atoms with E-state index in [1.807, 2.05) is 12.1 Å². The molecule has 3 heterocycles. The minimum Gasteiger partial charge on any atom is -0.348 e. The minimum atomic E-state index is -0.135. The van der Waals surface area contributed by atoms with Crippen LogP contribution in [0, 0.1) is 5.92 Å². The van der Waals surface area contributed by atoms with E-state index in [1.165, 1.54) is 11.5 Å². The molecule has 7 nitrogen and oxygen atoms in total. The summed E-state index contributed by atoms with van der Waals surface area (Å²) >= 11 is 1.35. The number of rotatable bonds is 5. The molecule has 0 aliphatic carbocycles. The van der Waals surface area contributed by atoms with Crippen LogP contribution in [0.4, 0.5) is 5.13 Å². The molecule has 1 N–H and O–H groups in total. The maximum Gasteiger partial charge on any atom is 0.249 e. The van der Waals surface area contributed by atoms with E-state index in [9.17, 15) is 0 Å². The lowest BCUT2D eigenvalue weighted by atomic mass is 9.96. The van der Waals surface area contributed by atoms with Gasteiger partial charge in [0, 0.05) is 34.9 Å². The van der Waals surface area contributed by atoms with Crippen molar-refractivity contribution in [3.05, 3.63) is 36.2 Å². The number of nitrogens with one attached hydrogen (secondary N) is 1. The summed E-state index contributed by atoms with van der Waals surface area (Å²) < 4.78 is 9.94. The van der Waals surface area contributed by atoms with Crippen molar-refractivity contribution in [2.24, 2.45) is 5.92 Å². The Labute approximate surface area is 151 Å². The molecule has 0 aliphatic heterocycles. The second-order valence-corrected chi connectivity index (χ2v) is 7.98. The maximum atomic E-state index is 5.50. The van der Waals surface area contributed by atoms with Crippen LogP contribution in [0.2, 0.25) is 0 Å². The highest BCUT2D eigenvalue weighted by Crippen LogP contribution is 2.29. The molecule has 0 bridgehead atoms. The quantitative estimate of drug-likeness (QED) is 0.734. The Morgan fingerprint density at radius 3 is 2.44 bits per heavy atom. The number of aromatic nitrogens is 5. The van der Waals surface area contributed by atoms with Crippen molar-refractivity contribution in [3.8, 4) is 11.4 Å². The van der Waals surface area contributed by atoms with Gasteiger partial charge in [-0.15, -0.1) is 0 Å². The van der Waals surface area contributed by atoms with Gasteiger partial charge in [-0.2, -0.15) is 9.36 Å².